The number of benzene rings is 1. The molecule has 9 heteroatoms. The number of carbonyl (C=O) groups is 1. The maximum atomic E-state index is 12.9. The zero-order valence-corrected chi connectivity index (χ0v) is 12.3. The number of nitrogens with one attached hydrogen (secondary N) is 2. The van der Waals surface area contributed by atoms with Gasteiger partial charge in [0.25, 0.3) is 5.91 Å². The largest absolute Gasteiger partial charge is 0.418 e. The number of hydrogen-bond acceptors (Lipinski definition) is 5. The highest BCUT2D eigenvalue weighted by Crippen LogP contribution is 2.34. The summed E-state index contributed by atoms with van der Waals surface area (Å²) in [5.74, 6) is -0.223. The third-order valence-electron chi connectivity index (χ3n) is 2.84. The zero-order valence-electron chi connectivity index (χ0n) is 12.3. The first-order valence-corrected chi connectivity index (χ1v) is 6.59. The number of nitrogens with zero attached hydrogens (tertiary/aromatic N) is 2. The molecule has 0 fully saturated rings. The van der Waals surface area contributed by atoms with Crippen LogP contribution in [0.15, 0.2) is 46.6 Å². The maximum absolute atomic E-state index is 12.9. The van der Waals surface area contributed by atoms with E-state index in [-0.39, 0.29) is 5.82 Å². The van der Waals surface area contributed by atoms with Gasteiger partial charge in [-0.3, -0.25) is 4.79 Å². The standard InChI is InChI=1S/C15H11F3N4O2/c1-9-6-13(22-24-9)20-8-10(7-19)14(23)21-12-5-3-2-4-11(12)15(16,17)18/h2-6,8H,1H3,(H,20,22)(H,21,23)/b10-8-. The molecule has 6 nitrogen and oxygen atoms in total. The van der Waals surface area contributed by atoms with Crippen LogP contribution >= 0.6 is 0 Å². The average Bonchev–Trinajstić information content (AvgIpc) is 2.93. The summed E-state index contributed by atoms with van der Waals surface area (Å²) in [6.45, 7) is 1.65. The maximum Gasteiger partial charge on any atom is 0.418 e. The second-order valence-electron chi connectivity index (χ2n) is 4.63. The van der Waals surface area contributed by atoms with Gasteiger partial charge < -0.3 is 15.2 Å². The van der Waals surface area contributed by atoms with Crippen molar-refractivity contribution in [1.82, 2.24) is 5.16 Å². The Morgan fingerprint density at radius 2 is 2.08 bits per heavy atom. The summed E-state index contributed by atoms with van der Waals surface area (Å²) in [6, 6.07) is 7.60. The number of alkyl halides is 3. The lowest BCUT2D eigenvalue weighted by molar-refractivity contribution is -0.137. The van der Waals surface area contributed by atoms with Crippen molar-refractivity contribution in [2.75, 3.05) is 10.6 Å². The molecule has 1 amide bonds. The summed E-state index contributed by atoms with van der Waals surface area (Å²) in [4.78, 5) is 12.0. The molecule has 0 unspecified atom stereocenters. The van der Waals surface area contributed by atoms with Gasteiger partial charge >= 0.3 is 6.18 Å². The molecular weight excluding hydrogens is 325 g/mol. The molecule has 0 bridgehead atoms. The number of hydrogen-bond donors (Lipinski definition) is 2. The van der Waals surface area contributed by atoms with E-state index in [1.165, 1.54) is 18.2 Å². The van der Waals surface area contributed by atoms with E-state index in [1.54, 1.807) is 13.0 Å². The number of anilines is 2. The number of carbonyl (C=O) groups excluding carboxylic acids is 1. The van der Waals surface area contributed by atoms with Crippen LogP contribution in [0.2, 0.25) is 0 Å². The molecule has 0 saturated heterocycles. The molecule has 0 radical (unpaired) electrons. The van der Waals surface area contributed by atoms with Crippen LogP contribution in [-0.4, -0.2) is 11.1 Å². The molecule has 1 aromatic heterocycles. The fourth-order valence-corrected chi connectivity index (χ4v) is 1.76. The van der Waals surface area contributed by atoms with E-state index < -0.39 is 28.9 Å². The first-order valence-electron chi connectivity index (χ1n) is 6.59. The quantitative estimate of drug-likeness (QED) is 0.659. The van der Waals surface area contributed by atoms with Crippen molar-refractivity contribution in [3.05, 3.63) is 53.4 Å². The van der Waals surface area contributed by atoms with Gasteiger partial charge in [0, 0.05) is 12.3 Å². The molecule has 0 spiro atoms. The van der Waals surface area contributed by atoms with E-state index >= 15 is 0 Å². The van der Waals surface area contributed by atoms with Gasteiger partial charge in [-0.25, -0.2) is 0 Å². The number of para-hydroxylation sites is 1. The third kappa shape index (κ3) is 4.13. The molecule has 2 N–H and O–H groups in total. The smallest absolute Gasteiger partial charge is 0.360 e. The predicted molar refractivity (Wildman–Crippen MR) is 78.6 cm³/mol. The molecule has 24 heavy (non-hydrogen) atoms. The van der Waals surface area contributed by atoms with E-state index in [2.05, 4.69) is 15.8 Å². The van der Waals surface area contributed by atoms with Gasteiger partial charge in [0.1, 0.15) is 17.4 Å². The Bertz CT molecular complexity index is 819. The van der Waals surface area contributed by atoms with Crippen molar-refractivity contribution in [2.24, 2.45) is 0 Å². The van der Waals surface area contributed by atoms with Crippen molar-refractivity contribution in [1.29, 1.82) is 5.26 Å². The fraction of sp³-hybridized carbons (Fsp3) is 0.133. The van der Waals surface area contributed by atoms with E-state index in [9.17, 15) is 18.0 Å². The normalized spacial score (nSPS) is 11.7. The van der Waals surface area contributed by atoms with Crippen molar-refractivity contribution in [2.45, 2.75) is 13.1 Å². The molecule has 0 aliphatic rings. The minimum atomic E-state index is -4.63. The molecule has 124 valence electrons. The minimum Gasteiger partial charge on any atom is -0.360 e. The highest BCUT2D eigenvalue weighted by Gasteiger charge is 2.33. The Morgan fingerprint density at radius 1 is 1.38 bits per heavy atom. The second-order valence-corrected chi connectivity index (χ2v) is 4.63. The van der Waals surface area contributed by atoms with Crippen LogP contribution in [0.25, 0.3) is 0 Å². The SMILES string of the molecule is Cc1cc(N/C=C(/C#N)C(=O)Nc2ccccc2C(F)(F)F)no1. The topological polar surface area (TPSA) is 91.0 Å². The van der Waals surface area contributed by atoms with E-state index in [1.807, 2.05) is 0 Å². The lowest BCUT2D eigenvalue weighted by Crippen LogP contribution is -2.18. The van der Waals surface area contributed by atoms with Crippen LogP contribution in [0.1, 0.15) is 11.3 Å². The fourth-order valence-electron chi connectivity index (χ4n) is 1.76. The van der Waals surface area contributed by atoms with E-state index in [0.717, 1.165) is 18.3 Å². The highest BCUT2D eigenvalue weighted by atomic mass is 19.4. The second kappa shape index (κ2) is 6.87. The molecule has 0 aliphatic carbocycles. The van der Waals surface area contributed by atoms with Crippen molar-refractivity contribution in [3.8, 4) is 6.07 Å². The summed E-state index contributed by atoms with van der Waals surface area (Å²) in [6.07, 6.45) is -3.60. The van der Waals surface area contributed by atoms with Crippen LogP contribution in [0.3, 0.4) is 0 Å². The molecule has 1 aromatic carbocycles. The lowest BCUT2D eigenvalue weighted by Gasteiger charge is -2.13. The van der Waals surface area contributed by atoms with Gasteiger partial charge in [-0.1, -0.05) is 17.3 Å². The number of amides is 1. The van der Waals surface area contributed by atoms with Crippen molar-refractivity contribution >= 4 is 17.4 Å². The van der Waals surface area contributed by atoms with Crippen LogP contribution in [0.4, 0.5) is 24.7 Å². The molecule has 0 atom stereocenters. The predicted octanol–water partition coefficient (Wildman–Crippen LogP) is 3.46. The Labute approximate surface area is 134 Å². The summed E-state index contributed by atoms with van der Waals surface area (Å²) in [5, 5.41) is 17.2. The summed E-state index contributed by atoms with van der Waals surface area (Å²) < 4.78 is 43.5. The molecule has 2 aromatic rings. The number of halogens is 3. The molecule has 1 heterocycles. The van der Waals surface area contributed by atoms with Crippen LogP contribution in [0.5, 0.6) is 0 Å². The number of nitriles is 1. The third-order valence-corrected chi connectivity index (χ3v) is 2.84. The van der Waals surface area contributed by atoms with E-state index in [0.29, 0.717) is 5.76 Å². The van der Waals surface area contributed by atoms with Gasteiger partial charge in [0.15, 0.2) is 5.82 Å². The van der Waals surface area contributed by atoms with Crippen LogP contribution in [-0.2, 0) is 11.0 Å². The van der Waals surface area contributed by atoms with Crippen molar-refractivity contribution in [3.63, 3.8) is 0 Å². The molecule has 0 saturated carbocycles. The van der Waals surface area contributed by atoms with Crippen LogP contribution < -0.4 is 10.6 Å². The van der Waals surface area contributed by atoms with Gasteiger partial charge in [-0.2, -0.15) is 18.4 Å². The number of rotatable bonds is 4. The van der Waals surface area contributed by atoms with Gasteiger partial charge in [0.05, 0.1) is 11.3 Å². The van der Waals surface area contributed by atoms with Crippen molar-refractivity contribution < 1.29 is 22.5 Å². The summed E-state index contributed by atoms with van der Waals surface area (Å²) >= 11 is 0. The van der Waals surface area contributed by atoms with Gasteiger partial charge in [-0.15, -0.1) is 0 Å². The monoisotopic (exact) mass is 336 g/mol. The first kappa shape index (κ1) is 17.1. The molecular formula is C15H11F3N4O2. The lowest BCUT2D eigenvalue weighted by atomic mass is 10.1. The highest BCUT2D eigenvalue weighted by molar-refractivity contribution is 6.07. The first-order chi connectivity index (χ1) is 11.3. The molecule has 0 aliphatic heterocycles. The number of aromatic nitrogens is 1. The average molecular weight is 336 g/mol. The Hall–Kier alpha value is -3.28. The van der Waals surface area contributed by atoms with Gasteiger partial charge in [-0.05, 0) is 19.1 Å². The summed E-state index contributed by atoms with van der Waals surface area (Å²) in [5.41, 5.74) is -1.86. The molecule has 2 rings (SSSR count). The zero-order chi connectivity index (χ0) is 17.7. The minimum absolute atomic E-state index is 0.253. The number of aryl methyl sites for hydroxylation is 1. The van der Waals surface area contributed by atoms with E-state index in [4.69, 9.17) is 9.78 Å². The summed E-state index contributed by atoms with van der Waals surface area (Å²) in [7, 11) is 0. The Morgan fingerprint density at radius 3 is 2.67 bits per heavy atom. The van der Waals surface area contributed by atoms with Gasteiger partial charge in [0.2, 0.25) is 0 Å². The Kier molecular flexibility index (Phi) is 4.89. The van der Waals surface area contributed by atoms with Crippen LogP contribution in [0, 0.1) is 18.3 Å². The Balaban J connectivity index is 2.17.